The molecule has 0 saturated heterocycles. The molecule has 1 heterocycles. The number of carbonyl (C=O) groups is 1. The van der Waals surface area contributed by atoms with E-state index in [1.165, 1.54) is 10.9 Å². The van der Waals surface area contributed by atoms with Crippen molar-refractivity contribution in [2.45, 2.75) is 39.0 Å². The molecule has 4 heteroatoms. The van der Waals surface area contributed by atoms with E-state index in [1.54, 1.807) is 0 Å². The molecule has 1 aliphatic carbocycles. The summed E-state index contributed by atoms with van der Waals surface area (Å²) in [6, 6.07) is 8.32. The van der Waals surface area contributed by atoms with Gasteiger partial charge in [-0.2, -0.15) is 0 Å². The standard InChI is InChI=1S/C19H24N2O2/c1-2-23-19(22)16-8-4-6-10-18(16)20-12-11-14-13-21-17-9-5-3-7-15(14)17/h3,5,7,9,13,16,21H,2,4,6,8,10-12H2,1H3. The number of aromatic amines is 1. The highest BCUT2D eigenvalue weighted by atomic mass is 16.5. The number of hydrogen-bond acceptors (Lipinski definition) is 3. The van der Waals surface area contributed by atoms with Crippen molar-refractivity contribution in [1.82, 2.24) is 4.98 Å². The molecule has 1 atom stereocenters. The van der Waals surface area contributed by atoms with Gasteiger partial charge in [-0.25, -0.2) is 0 Å². The third-order valence-corrected chi connectivity index (χ3v) is 4.52. The van der Waals surface area contributed by atoms with Crippen LogP contribution in [0.1, 0.15) is 38.2 Å². The summed E-state index contributed by atoms with van der Waals surface area (Å²) < 4.78 is 5.20. The minimum Gasteiger partial charge on any atom is -0.465 e. The van der Waals surface area contributed by atoms with E-state index in [9.17, 15) is 4.79 Å². The number of carbonyl (C=O) groups excluding carboxylic acids is 1. The highest BCUT2D eigenvalue weighted by Gasteiger charge is 2.28. The number of nitrogens with one attached hydrogen (secondary N) is 1. The minimum atomic E-state index is -0.119. The van der Waals surface area contributed by atoms with Crippen LogP contribution in [-0.4, -0.2) is 29.8 Å². The number of benzene rings is 1. The summed E-state index contributed by atoms with van der Waals surface area (Å²) >= 11 is 0. The van der Waals surface area contributed by atoms with Crippen LogP contribution in [0.25, 0.3) is 10.9 Å². The van der Waals surface area contributed by atoms with Crippen LogP contribution in [0.2, 0.25) is 0 Å². The zero-order valence-corrected chi connectivity index (χ0v) is 13.7. The first-order chi connectivity index (χ1) is 11.3. The maximum absolute atomic E-state index is 12.1. The molecule has 4 nitrogen and oxygen atoms in total. The second-order valence-electron chi connectivity index (χ2n) is 6.03. The van der Waals surface area contributed by atoms with Crippen molar-refractivity contribution in [2.75, 3.05) is 13.2 Å². The molecular formula is C19H24N2O2. The predicted molar refractivity (Wildman–Crippen MR) is 92.9 cm³/mol. The lowest BCUT2D eigenvalue weighted by Crippen LogP contribution is -2.29. The number of H-pyrrole nitrogens is 1. The van der Waals surface area contributed by atoms with Gasteiger partial charge >= 0.3 is 5.97 Å². The Hall–Kier alpha value is -2.10. The summed E-state index contributed by atoms with van der Waals surface area (Å²) in [5.41, 5.74) is 3.49. The second kappa shape index (κ2) is 7.44. The highest BCUT2D eigenvalue weighted by molar-refractivity contribution is 6.02. The van der Waals surface area contributed by atoms with Gasteiger partial charge in [0.1, 0.15) is 0 Å². The van der Waals surface area contributed by atoms with E-state index in [-0.39, 0.29) is 11.9 Å². The minimum absolute atomic E-state index is 0.0990. The Morgan fingerprint density at radius 3 is 3.09 bits per heavy atom. The second-order valence-corrected chi connectivity index (χ2v) is 6.03. The lowest BCUT2D eigenvalue weighted by molar-refractivity contribution is -0.146. The van der Waals surface area contributed by atoms with Crippen LogP contribution in [0.15, 0.2) is 35.5 Å². The molecule has 122 valence electrons. The summed E-state index contributed by atoms with van der Waals surface area (Å²) in [7, 11) is 0. The van der Waals surface area contributed by atoms with Gasteiger partial charge in [0.05, 0.1) is 12.5 Å². The molecule has 1 saturated carbocycles. The molecule has 0 bridgehead atoms. The molecule has 23 heavy (non-hydrogen) atoms. The van der Waals surface area contributed by atoms with Crippen LogP contribution < -0.4 is 0 Å². The van der Waals surface area contributed by atoms with E-state index < -0.39 is 0 Å². The van der Waals surface area contributed by atoms with Crippen molar-refractivity contribution in [2.24, 2.45) is 10.9 Å². The van der Waals surface area contributed by atoms with Gasteiger partial charge in [0, 0.05) is 29.4 Å². The van der Waals surface area contributed by atoms with Crippen molar-refractivity contribution >= 4 is 22.6 Å². The molecule has 0 amide bonds. The van der Waals surface area contributed by atoms with E-state index in [0.29, 0.717) is 6.61 Å². The molecule has 0 aliphatic heterocycles. The van der Waals surface area contributed by atoms with E-state index in [1.807, 2.05) is 13.0 Å². The Morgan fingerprint density at radius 1 is 1.35 bits per heavy atom. The average molecular weight is 312 g/mol. The summed E-state index contributed by atoms with van der Waals surface area (Å²) in [6.45, 7) is 3.03. The molecule has 3 rings (SSSR count). The van der Waals surface area contributed by atoms with E-state index in [0.717, 1.165) is 49.9 Å². The van der Waals surface area contributed by atoms with Crippen molar-refractivity contribution < 1.29 is 9.53 Å². The van der Waals surface area contributed by atoms with Crippen LogP contribution in [0, 0.1) is 5.92 Å². The summed E-state index contributed by atoms with van der Waals surface area (Å²) in [4.78, 5) is 20.1. The summed E-state index contributed by atoms with van der Waals surface area (Å²) in [5.74, 6) is -0.218. The number of nitrogens with zero attached hydrogens (tertiary/aromatic N) is 1. The number of rotatable bonds is 5. The van der Waals surface area contributed by atoms with E-state index >= 15 is 0 Å². The maximum Gasteiger partial charge on any atom is 0.314 e. The predicted octanol–water partition coefficient (Wildman–Crippen LogP) is 3.90. The average Bonchev–Trinajstić information content (AvgIpc) is 2.99. The lowest BCUT2D eigenvalue weighted by Gasteiger charge is -2.22. The monoisotopic (exact) mass is 312 g/mol. The Morgan fingerprint density at radius 2 is 2.22 bits per heavy atom. The van der Waals surface area contributed by atoms with Gasteiger partial charge < -0.3 is 9.72 Å². The molecule has 1 fully saturated rings. The van der Waals surface area contributed by atoms with Crippen LogP contribution in [0.3, 0.4) is 0 Å². The van der Waals surface area contributed by atoms with Crippen LogP contribution in [0.4, 0.5) is 0 Å². The fraction of sp³-hybridized carbons (Fsp3) is 0.474. The fourth-order valence-electron chi connectivity index (χ4n) is 3.34. The van der Waals surface area contributed by atoms with E-state index in [4.69, 9.17) is 9.73 Å². The van der Waals surface area contributed by atoms with Gasteiger partial charge in [0.25, 0.3) is 0 Å². The van der Waals surface area contributed by atoms with Gasteiger partial charge in [-0.1, -0.05) is 24.6 Å². The number of hydrogen-bond donors (Lipinski definition) is 1. The highest BCUT2D eigenvalue weighted by Crippen LogP contribution is 2.24. The Labute approximate surface area is 137 Å². The first kappa shape index (κ1) is 15.8. The lowest BCUT2D eigenvalue weighted by atomic mass is 9.87. The van der Waals surface area contributed by atoms with Crippen molar-refractivity contribution in [1.29, 1.82) is 0 Å². The van der Waals surface area contributed by atoms with Crippen LogP contribution >= 0.6 is 0 Å². The van der Waals surface area contributed by atoms with E-state index in [2.05, 4.69) is 29.4 Å². The summed E-state index contributed by atoms with van der Waals surface area (Å²) in [6.07, 6.45) is 6.98. The molecular weight excluding hydrogens is 288 g/mol. The fourth-order valence-corrected chi connectivity index (χ4v) is 3.34. The first-order valence-corrected chi connectivity index (χ1v) is 8.54. The summed E-state index contributed by atoms with van der Waals surface area (Å²) in [5, 5.41) is 1.26. The maximum atomic E-state index is 12.1. The van der Waals surface area contributed by atoms with Gasteiger partial charge in [-0.15, -0.1) is 0 Å². The third-order valence-electron chi connectivity index (χ3n) is 4.52. The van der Waals surface area contributed by atoms with Crippen LogP contribution in [0.5, 0.6) is 0 Å². The number of aliphatic imine (C=N–C) groups is 1. The molecule has 1 aliphatic rings. The number of ether oxygens (including phenoxy) is 1. The molecule has 0 radical (unpaired) electrons. The molecule has 1 N–H and O–H groups in total. The molecule has 2 aromatic rings. The smallest absolute Gasteiger partial charge is 0.314 e. The topological polar surface area (TPSA) is 54.4 Å². The zero-order valence-electron chi connectivity index (χ0n) is 13.7. The van der Waals surface area contributed by atoms with Crippen molar-refractivity contribution in [3.63, 3.8) is 0 Å². The largest absolute Gasteiger partial charge is 0.465 e. The SMILES string of the molecule is CCOC(=O)C1CCCCC1=NCCc1c[nH]c2ccccc12. The van der Waals surface area contributed by atoms with Crippen molar-refractivity contribution in [3.8, 4) is 0 Å². The zero-order chi connectivity index (χ0) is 16.1. The molecule has 1 aromatic carbocycles. The number of fused-ring (bicyclic) bond motifs is 1. The Bertz CT molecular complexity index is 702. The van der Waals surface area contributed by atoms with Gasteiger partial charge in [-0.05, 0) is 44.2 Å². The van der Waals surface area contributed by atoms with Gasteiger partial charge in [-0.3, -0.25) is 9.79 Å². The Balaban J connectivity index is 1.67. The van der Waals surface area contributed by atoms with Crippen molar-refractivity contribution in [3.05, 3.63) is 36.0 Å². The van der Waals surface area contributed by atoms with Crippen LogP contribution in [-0.2, 0) is 16.0 Å². The van der Waals surface area contributed by atoms with Gasteiger partial charge in [0.2, 0.25) is 0 Å². The molecule has 1 unspecified atom stereocenters. The number of para-hydroxylation sites is 1. The normalized spacial score (nSPS) is 20.0. The first-order valence-electron chi connectivity index (χ1n) is 8.54. The Kier molecular flexibility index (Phi) is 5.11. The molecule has 1 aromatic heterocycles. The third kappa shape index (κ3) is 3.63. The van der Waals surface area contributed by atoms with Gasteiger partial charge in [0.15, 0.2) is 0 Å². The number of aromatic nitrogens is 1. The molecule has 0 spiro atoms. The quantitative estimate of drug-likeness (QED) is 0.851. The number of esters is 1.